The topological polar surface area (TPSA) is 96.2 Å². The van der Waals surface area contributed by atoms with Crippen LogP contribution in [0, 0.1) is 0 Å². The fourth-order valence-electron chi connectivity index (χ4n) is 4.12. The van der Waals surface area contributed by atoms with Crippen molar-refractivity contribution in [3.05, 3.63) is 11.6 Å². The predicted molar refractivity (Wildman–Crippen MR) is 160 cm³/mol. The molecule has 3 N–H and O–H groups in total. The summed E-state index contributed by atoms with van der Waals surface area (Å²) < 4.78 is 10.5. The average molecular weight is 545 g/mol. The summed E-state index contributed by atoms with van der Waals surface area (Å²) in [5.74, 6) is -0.769. The molecule has 3 unspecified atom stereocenters. The third kappa shape index (κ3) is 33.1. The minimum absolute atomic E-state index is 0.0170. The van der Waals surface area contributed by atoms with Crippen LogP contribution in [0.15, 0.2) is 11.6 Å². The summed E-state index contributed by atoms with van der Waals surface area (Å²) in [6.45, 7) is 10.6. The number of ether oxygens (including phenoxy) is 2. The Bertz CT molecular complexity index is 498. The Morgan fingerprint density at radius 3 is 1.42 bits per heavy atom. The van der Waals surface area contributed by atoms with E-state index in [0.717, 1.165) is 31.3 Å². The van der Waals surface area contributed by atoms with Crippen LogP contribution < -0.4 is 0 Å². The van der Waals surface area contributed by atoms with Crippen LogP contribution in [0.5, 0.6) is 0 Å². The van der Waals surface area contributed by atoms with Gasteiger partial charge in [-0.1, -0.05) is 109 Å². The van der Waals surface area contributed by atoms with E-state index in [4.69, 9.17) is 24.8 Å². The molecule has 0 saturated heterocycles. The number of unbranched alkanes of at least 4 members (excludes halogenated alkanes) is 14. The number of hydrogen-bond donors (Lipinski definition) is 3. The second-order valence-electron chi connectivity index (χ2n) is 10.9. The molecule has 0 aliphatic carbocycles. The average Bonchev–Trinajstić information content (AvgIpc) is 2.88. The van der Waals surface area contributed by atoms with Crippen molar-refractivity contribution in [1.82, 2.24) is 0 Å². The van der Waals surface area contributed by atoms with Crippen molar-refractivity contribution in [1.29, 1.82) is 0 Å². The summed E-state index contributed by atoms with van der Waals surface area (Å²) in [5, 5.41) is 26.6. The molecule has 0 aliphatic heterocycles. The summed E-state index contributed by atoms with van der Waals surface area (Å²) in [4.78, 5) is 11.0. The molecule has 38 heavy (non-hydrogen) atoms. The molecule has 0 fully saturated rings. The van der Waals surface area contributed by atoms with Crippen molar-refractivity contribution in [2.45, 2.75) is 169 Å². The molecule has 6 heteroatoms. The lowest BCUT2D eigenvalue weighted by Gasteiger charge is -2.16. The maximum absolute atomic E-state index is 11.0. The largest absolute Gasteiger partial charge is 0.478 e. The lowest BCUT2D eigenvalue weighted by molar-refractivity contribution is -0.131. The molecule has 6 nitrogen and oxygen atoms in total. The van der Waals surface area contributed by atoms with E-state index >= 15 is 0 Å². The molecule has 0 aromatic carbocycles. The van der Waals surface area contributed by atoms with E-state index in [1.807, 2.05) is 6.92 Å². The standard InChI is InChI=1S/C23H44O2.C9H20O4/c1-3-5-7-9-11-13-15-17-19-22(21-23(24)25)20-18-16-14-12-10-8-6-4-2;1-7(11)5-12-9(3)6-13-8(2)4-10/h21H,3-20H2,1-2H3,(H,24,25);7-11H,4-6H2,1-3H3. The predicted octanol–water partition coefficient (Wildman–Crippen LogP) is 8.23. The van der Waals surface area contributed by atoms with Gasteiger partial charge in [-0.2, -0.15) is 0 Å². The zero-order chi connectivity index (χ0) is 28.9. The lowest BCUT2D eigenvalue weighted by atomic mass is 9.99. The van der Waals surface area contributed by atoms with Crippen molar-refractivity contribution in [2.75, 3.05) is 19.8 Å². The molecule has 0 radical (unpaired) electrons. The van der Waals surface area contributed by atoms with E-state index in [1.54, 1.807) is 13.8 Å². The van der Waals surface area contributed by atoms with Crippen molar-refractivity contribution >= 4 is 5.97 Å². The van der Waals surface area contributed by atoms with Gasteiger partial charge in [-0.05, 0) is 46.5 Å². The van der Waals surface area contributed by atoms with Crippen LogP contribution in [-0.2, 0) is 14.3 Å². The van der Waals surface area contributed by atoms with Gasteiger partial charge in [0.1, 0.15) is 0 Å². The second kappa shape index (κ2) is 30.6. The summed E-state index contributed by atoms with van der Waals surface area (Å²) in [7, 11) is 0. The highest BCUT2D eigenvalue weighted by molar-refractivity contribution is 5.80. The highest BCUT2D eigenvalue weighted by Gasteiger charge is 2.07. The summed E-state index contributed by atoms with van der Waals surface area (Å²) in [5.41, 5.74) is 1.16. The third-order valence-corrected chi connectivity index (χ3v) is 6.52. The SMILES string of the molecule is CC(O)COC(C)COC(C)CO.CCCCCCCCCCC(=CC(=O)O)CCCCCCCCCC. The van der Waals surface area contributed by atoms with Gasteiger partial charge in [0.25, 0.3) is 0 Å². The van der Waals surface area contributed by atoms with Crippen molar-refractivity contribution < 1.29 is 29.6 Å². The fraction of sp³-hybridized carbons (Fsp3) is 0.906. The second-order valence-corrected chi connectivity index (χ2v) is 10.9. The molecular weight excluding hydrogens is 480 g/mol. The van der Waals surface area contributed by atoms with Crippen LogP contribution in [0.3, 0.4) is 0 Å². The van der Waals surface area contributed by atoms with Crippen LogP contribution in [0.2, 0.25) is 0 Å². The molecule has 0 amide bonds. The number of aliphatic hydroxyl groups excluding tert-OH is 2. The highest BCUT2D eigenvalue weighted by Crippen LogP contribution is 2.19. The molecule has 0 bridgehead atoms. The Kier molecular flexibility index (Phi) is 31.6. The summed E-state index contributed by atoms with van der Waals surface area (Å²) >= 11 is 0. The van der Waals surface area contributed by atoms with E-state index in [-0.39, 0.29) is 18.8 Å². The first kappa shape index (κ1) is 39.2. The smallest absolute Gasteiger partial charge is 0.328 e. The lowest BCUT2D eigenvalue weighted by Crippen LogP contribution is -2.24. The number of hydrogen-bond acceptors (Lipinski definition) is 5. The van der Waals surface area contributed by atoms with Crippen LogP contribution in [0.4, 0.5) is 0 Å². The fourth-order valence-corrected chi connectivity index (χ4v) is 4.12. The molecular formula is C32H64O6. The van der Waals surface area contributed by atoms with E-state index in [1.165, 1.54) is 96.0 Å². The van der Waals surface area contributed by atoms with Gasteiger partial charge in [0.05, 0.1) is 38.1 Å². The molecule has 0 aromatic rings. The number of aliphatic carboxylic acids is 1. The maximum Gasteiger partial charge on any atom is 0.328 e. The molecule has 0 saturated carbocycles. The minimum Gasteiger partial charge on any atom is -0.478 e. The Morgan fingerprint density at radius 1 is 0.658 bits per heavy atom. The Hall–Kier alpha value is -0.950. The van der Waals surface area contributed by atoms with Crippen LogP contribution in [0.1, 0.15) is 150 Å². The van der Waals surface area contributed by atoms with E-state index in [9.17, 15) is 4.79 Å². The molecule has 0 aliphatic rings. The van der Waals surface area contributed by atoms with Gasteiger partial charge < -0.3 is 24.8 Å². The number of carboxylic acids is 1. The quantitative estimate of drug-likeness (QED) is 0.0749. The monoisotopic (exact) mass is 544 g/mol. The zero-order valence-corrected chi connectivity index (χ0v) is 25.7. The van der Waals surface area contributed by atoms with E-state index in [0.29, 0.717) is 13.2 Å². The van der Waals surface area contributed by atoms with Gasteiger partial charge >= 0.3 is 5.97 Å². The van der Waals surface area contributed by atoms with Gasteiger partial charge in [0.2, 0.25) is 0 Å². The first-order valence-corrected chi connectivity index (χ1v) is 15.7. The van der Waals surface area contributed by atoms with Crippen LogP contribution in [-0.4, -0.2) is 59.4 Å². The van der Waals surface area contributed by atoms with Crippen LogP contribution in [0.25, 0.3) is 0 Å². The number of rotatable bonds is 26. The number of allylic oxidation sites excluding steroid dienone is 1. The first-order valence-electron chi connectivity index (χ1n) is 15.7. The number of aliphatic hydroxyl groups is 2. The maximum atomic E-state index is 11.0. The molecule has 228 valence electrons. The molecule has 0 aromatic heterocycles. The Labute approximate surface area is 235 Å². The molecule has 3 atom stereocenters. The molecule has 0 spiro atoms. The zero-order valence-electron chi connectivity index (χ0n) is 25.7. The summed E-state index contributed by atoms with van der Waals surface area (Å²) in [6, 6.07) is 0. The normalized spacial score (nSPS) is 13.3. The van der Waals surface area contributed by atoms with Gasteiger partial charge in [-0.3, -0.25) is 0 Å². The van der Waals surface area contributed by atoms with Gasteiger partial charge in [0.15, 0.2) is 0 Å². The first-order chi connectivity index (χ1) is 18.3. The van der Waals surface area contributed by atoms with E-state index in [2.05, 4.69) is 13.8 Å². The highest BCUT2D eigenvalue weighted by atomic mass is 16.5. The van der Waals surface area contributed by atoms with Gasteiger partial charge in [-0.15, -0.1) is 0 Å². The Balaban J connectivity index is 0. The summed E-state index contributed by atoms with van der Waals surface area (Å²) in [6.07, 6.45) is 23.7. The van der Waals surface area contributed by atoms with Gasteiger partial charge in [0, 0.05) is 6.08 Å². The number of carboxylic acid groups (broad SMARTS) is 1. The third-order valence-electron chi connectivity index (χ3n) is 6.52. The number of carbonyl (C=O) groups is 1. The van der Waals surface area contributed by atoms with Crippen molar-refractivity contribution in [2.24, 2.45) is 0 Å². The molecule has 0 rings (SSSR count). The van der Waals surface area contributed by atoms with Crippen molar-refractivity contribution in [3.8, 4) is 0 Å². The molecule has 0 heterocycles. The Morgan fingerprint density at radius 2 is 1.05 bits per heavy atom. The van der Waals surface area contributed by atoms with Crippen LogP contribution >= 0.6 is 0 Å². The minimum atomic E-state index is -0.769. The van der Waals surface area contributed by atoms with Gasteiger partial charge in [-0.25, -0.2) is 4.79 Å². The van der Waals surface area contributed by atoms with E-state index < -0.39 is 12.1 Å². The van der Waals surface area contributed by atoms with Crippen molar-refractivity contribution in [3.63, 3.8) is 0 Å².